The van der Waals surface area contributed by atoms with E-state index < -0.39 is 11.2 Å². The van der Waals surface area contributed by atoms with Crippen molar-refractivity contribution in [2.45, 2.75) is 24.0 Å². The zero-order valence-electron chi connectivity index (χ0n) is 11.9. The average molecular weight is 294 g/mol. The first-order valence-corrected chi connectivity index (χ1v) is 7.67. The smallest absolute Gasteiger partial charge is 0.332 e. The Bertz CT molecular complexity index is 674. The van der Waals surface area contributed by atoms with Crippen LogP contribution in [-0.4, -0.2) is 26.7 Å². The minimum absolute atomic E-state index is 0.00910. The van der Waals surface area contributed by atoms with E-state index in [2.05, 4.69) is 11.6 Å². The second kappa shape index (κ2) is 5.37. The van der Waals surface area contributed by atoms with Crippen molar-refractivity contribution in [2.75, 3.05) is 18.1 Å². The standard InChI is InChI=1S/C13H18N4O2S/c1-16-10(15-8-13(20-3)5-4-6-13)9(7-14)11(18)17(2)12(16)19/h15H,4-6,8H2,1-3H3. The molecule has 0 saturated heterocycles. The van der Waals surface area contributed by atoms with Gasteiger partial charge in [-0.05, 0) is 19.1 Å². The summed E-state index contributed by atoms with van der Waals surface area (Å²) in [7, 11) is 2.95. The first-order valence-electron chi connectivity index (χ1n) is 6.45. The van der Waals surface area contributed by atoms with Crippen molar-refractivity contribution in [1.29, 1.82) is 5.26 Å². The molecular formula is C13H18N4O2S. The van der Waals surface area contributed by atoms with Crippen LogP contribution >= 0.6 is 11.8 Å². The lowest BCUT2D eigenvalue weighted by molar-refractivity contribution is 0.379. The molecule has 1 N–H and O–H groups in total. The number of thioether (sulfide) groups is 1. The third kappa shape index (κ3) is 2.24. The van der Waals surface area contributed by atoms with Crippen LogP contribution in [0.1, 0.15) is 24.8 Å². The number of nitrogens with zero attached hydrogens (tertiary/aromatic N) is 3. The van der Waals surface area contributed by atoms with E-state index >= 15 is 0 Å². The molecule has 0 aromatic carbocycles. The lowest BCUT2D eigenvalue weighted by Gasteiger charge is -2.40. The quantitative estimate of drug-likeness (QED) is 0.882. The summed E-state index contributed by atoms with van der Waals surface area (Å²) in [5.74, 6) is 0.320. The van der Waals surface area contributed by atoms with E-state index in [1.165, 1.54) is 18.0 Å². The van der Waals surface area contributed by atoms with Crippen molar-refractivity contribution in [3.63, 3.8) is 0 Å². The van der Waals surface area contributed by atoms with E-state index in [4.69, 9.17) is 0 Å². The number of nitrogens with one attached hydrogen (secondary N) is 1. The molecule has 0 radical (unpaired) electrons. The Balaban J connectivity index is 2.39. The summed E-state index contributed by atoms with van der Waals surface area (Å²) >= 11 is 1.79. The fourth-order valence-electron chi connectivity index (χ4n) is 2.42. The van der Waals surface area contributed by atoms with Crippen molar-refractivity contribution in [3.8, 4) is 6.07 Å². The largest absolute Gasteiger partial charge is 0.369 e. The number of aromatic nitrogens is 2. The van der Waals surface area contributed by atoms with Gasteiger partial charge in [-0.2, -0.15) is 17.0 Å². The molecule has 7 heteroatoms. The highest BCUT2D eigenvalue weighted by molar-refractivity contribution is 8.00. The third-order valence-electron chi connectivity index (χ3n) is 4.05. The summed E-state index contributed by atoms with van der Waals surface area (Å²) in [6.07, 6.45) is 5.49. The molecule has 1 fully saturated rings. The van der Waals surface area contributed by atoms with Gasteiger partial charge in [-0.3, -0.25) is 13.9 Å². The molecular weight excluding hydrogens is 276 g/mol. The predicted octanol–water partition coefficient (Wildman–Crippen LogP) is 0.653. The van der Waals surface area contributed by atoms with Crippen molar-refractivity contribution in [3.05, 3.63) is 26.4 Å². The molecule has 1 aliphatic rings. The minimum atomic E-state index is -0.551. The Labute approximate surface area is 121 Å². The Kier molecular flexibility index (Phi) is 3.95. The van der Waals surface area contributed by atoms with E-state index in [9.17, 15) is 14.9 Å². The molecule has 1 heterocycles. The molecule has 0 aliphatic heterocycles. The van der Waals surface area contributed by atoms with Crippen LogP contribution in [-0.2, 0) is 14.1 Å². The van der Waals surface area contributed by atoms with E-state index in [-0.39, 0.29) is 10.3 Å². The lowest BCUT2D eigenvalue weighted by atomic mass is 9.84. The summed E-state index contributed by atoms with van der Waals surface area (Å²) < 4.78 is 2.44. The summed E-state index contributed by atoms with van der Waals surface area (Å²) in [6.45, 7) is 0.656. The van der Waals surface area contributed by atoms with Gasteiger partial charge in [0, 0.05) is 25.4 Å². The van der Waals surface area contributed by atoms with Gasteiger partial charge >= 0.3 is 5.69 Å². The summed E-state index contributed by atoms with van der Waals surface area (Å²) in [4.78, 5) is 23.9. The van der Waals surface area contributed by atoms with Gasteiger partial charge < -0.3 is 5.32 Å². The monoisotopic (exact) mass is 294 g/mol. The van der Waals surface area contributed by atoms with Crippen LogP contribution in [0.25, 0.3) is 0 Å². The van der Waals surface area contributed by atoms with Gasteiger partial charge in [0.15, 0.2) is 5.56 Å². The molecule has 1 aromatic rings. The van der Waals surface area contributed by atoms with Gasteiger partial charge in [0.25, 0.3) is 5.56 Å². The van der Waals surface area contributed by atoms with Gasteiger partial charge in [0.1, 0.15) is 11.9 Å². The van der Waals surface area contributed by atoms with Gasteiger partial charge in [0.05, 0.1) is 0 Å². The first-order chi connectivity index (χ1) is 9.45. The SMILES string of the molecule is CSC1(CNc2c(C#N)c(=O)n(C)c(=O)n2C)CCC1. The van der Waals surface area contributed by atoms with Crippen molar-refractivity contribution >= 4 is 17.6 Å². The molecule has 0 unspecified atom stereocenters. The average Bonchev–Trinajstić information content (AvgIpc) is 2.41. The molecule has 0 bridgehead atoms. The fourth-order valence-corrected chi connectivity index (χ4v) is 3.33. The number of hydrogen-bond acceptors (Lipinski definition) is 5. The minimum Gasteiger partial charge on any atom is -0.369 e. The van der Waals surface area contributed by atoms with Crippen LogP contribution in [0, 0.1) is 11.3 Å². The highest BCUT2D eigenvalue weighted by Crippen LogP contribution is 2.42. The van der Waals surface area contributed by atoms with Gasteiger partial charge in [-0.1, -0.05) is 6.42 Å². The van der Waals surface area contributed by atoms with Gasteiger partial charge in [-0.15, -0.1) is 0 Å². The maximum Gasteiger partial charge on any atom is 0.332 e. The molecule has 0 atom stereocenters. The van der Waals surface area contributed by atoms with Crippen molar-refractivity contribution < 1.29 is 0 Å². The maximum absolute atomic E-state index is 12.0. The second-order valence-corrected chi connectivity index (χ2v) is 6.41. The number of hydrogen-bond donors (Lipinski definition) is 1. The van der Waals surface area contributed by atoms with E-state index in [1.54, 1.807) is 18.8 Å². The Hall–Kier alpha value is -1.68. The van der Waals surface area contributed by atoms with Crippen molar-refractivity contribution in [1.82, 2.24) is 9.13 Å². The van der Waals surface area contributed by atoms with Crippen LogP contribution < -0.4 is 16.6 Å². The van der Waals surface area contributed by atoms with E-state index in [0.717, 1.165) is 17.4 Å². The Morgan fingerprint density at radius 1 is 1.35 bits per heavy atom. The molecule has 2 rings (SSSR count). The Morgan fingerprint density at radius 2 is 2.00 bits per heavy atom. The van der Waals surface area contributed by atoms with E-state index in [1.807, 2.05) is 6.07 Å². The fraction of sp³-hybridized carbons (Fsp3) is 0.615. The highest BCUT2D eigenvalue weighted by Gasteiger charge is 2.36. The number of anilines is 1. The number of nitriles is 1. The normalized spacial score (nSPS) is 16.3. The van der Waals surface area contributed by atoms with Gasteiger partial charge in [-0.25, -0.2) is 4.79 Å². The first kappa shape index (κ1) is 14.7. The van der Waals surface area contributed by atoms with Crippen LogP contribution in [0.2, 0.25) is 0 Å². The van der Waals surface area contributed by atoms with Crippen LogP contribution in [0.15, 0.2) is 9.59 Å². The summed E-state index contributed by atoms with van der Waals surface area (Å²) in [5, 5.41) is 12.3. The summed E-state index contributed by atoms with van der Waals surface area (Å²) in [6, 6.07) is 1.90. The van der Waals surface area contributed by atoms with Crippen LogP contribution in [0.5, 0.6) is 0 Å². The molecule has 1 aromatic heterocycles. The maximum atomic E-state index is 12.0. The molecule has 1 aliphatic carbocycles. The van der Waals surface area contributed by atoms with Gasteiger partial charge in [0.2, 0.25) is 0 Å². The lowest BCUT2D eigenvalue weighted by Crippen LogP contribution is -2.44. The zero-order valence-corrected chi connectivity index (χ0v) is 12.7. The second-order valence-electron chi connectivity index (χ2n) is 5.14. The predicted molar refractivity (Wildman–Crippen MR) is 80.2 cm³/mol. The van der Waals surface area contributed by atoms with Crippen molar-refractivity contribution in [2.24, 2.45) is 14.1 Å². The van der Waals surface area contributed by atoms with Crippen LogP contribution in [0.3, 0.4) is 0 Å². The molecule has 1 saturated carbocycles. The zero-order chi connectivity index (χ0) is 14.9. The molecule has 0 spiro atoms. The molecule has 0 amide bonds. The van der Waals surface area contributed by atoms with E-state index in [0.29, 0.717) is 12.4 Å². The topological polar surface area (TPSA) is 79.8 Å². The number of rotatable bonds is 4. The molecule has 108 valence electrons. The molecule has 20 heavy (non-hydrogen) atoms. The highest BCUT2D eigenvalue weighted by atomic mass is 32.2. The molecule has 6 nitrogen and oxygen atoms in total. The third-order valence-corrected chi connectivity index (χ3v) is 5.47. The van der Waals surface area contributed by atoms with Crippen LogP contribution in [0.4, 0.5) is 5.82 Å². The Morgan fingerprint density at radius 3 is 2.45 bits per heavy atom. The summed E-state index contributed by atoms with van der Waals surface area (Å²) in [5.41, 5.74) is -0.988.